The fourth-order valence-corrected chi connectivity index (χ4v) is 8.80. The maximum atomic E-state index is 13.1. The van der Waals surface area contributed by atoms with E-state index in [1.165, 1.54) is 103 Å². The Morgan fingerprint density at radius 2 is 0.887 bits per heavy atom. The van der Waals surface area contributed by atoms with Gasteiger partial charge in [-0.2, -0.15) is 0 Å². The number of hydrogen-bond acceptors (Lipinski definition) is 11. The molecule has 3 N–H and O–H groups in total. The number of carboxylic acid groups (broad SMARTS) is 1. The SMILES string of the molecule is CC/C=C\C/C=C\C/C=C\CCCCCCCCCC(=O)OC1C(OCC(COC(=O)CCCCCCCCCCCCCCC)OC(=O)CCCCCCCCCCCCC)OC(C(=O)O)C(O)C1O. The third-order valence-corrected chi connectivity index (χ3v) is 13.2. The minimum Gasteiger partial charge on any atom is -0.479 e. The summed E-state index contributed by atoms with van der Waals surface area (Å²) >= 11 is 0. The average molecular weight is 1010 g/mol. The number of carboxylic acids is 1. The number of rotatable bonds is 49. The maximum Gasteiger partial charge on any atom is 0.335 e. The van der Waals surface area contributed by atoms with E-state index < -0.39 is 67.3 Å². The van der Waals surface area contributed by atoms with Gasteiger partial charge in [0.05, 0.1) is 6.61 Å². The second kappa shape index (κ2) is 47.9. The van der Waals surface area contributed by atoms with Gasteiger partial charge in [-0.05, 0) is 51.4 Å². The Morgan fingerprint density at radius 3 is 1.35 bits per heavy atom. The molecular formula is C59H104O12. The second-order valence-electron chi connectivity index (χ2n) is 19.9. The van der Waals surface area contributed by atoms with Crippen LogP contribution in [0.4, 0.5) is 0 Å². The number of carbonyl (C=O) groups excluding carboxylic acids is 3. The predicted octanol–water partition coefficient (Wildman–Crippen LogP) is 14.5. The van der Waals surface area contributed by atoms with Crippen molar-refractivity contribution in [3.05, 3.63) is 36.5 Å². The molecule has 0 aliphatic carbocycles. The van der Waals surface area contributed by atoms with E-state index in [0.717, 1.165) is 103 Å². The van der Waals surface area contributed by atoms with Crippen molar-refractivity contribution < 1.29 is 58.2 Å². The Bertz CT molecular complexity index is 1380. The van der Waals surface area contributed by atoms with Crippen molar-refractivity contribution in [2.75, 3.05) is 13.2 Å². The van der Waals surface area contributed by atoms with Crippen LogP contribution in [0.3, 0.4) is 0 Å². The van der Waals surface area contributed by atoms with Gasteiger partial charge in [-0.25, -0.2) is 4.79 Å². The highest BCUT2D eigenvalue weighted by molar-refractivity contribution is 5.74. The molecular weight excluding hydrogens is 901 g/mol. The maximum absolute atomic E-state index is 13.1. The molecule has 12 nitrogen and oxygen atoms in total. The smallest absolute Gasteiger partial charge is 0.335 e. The summed E-state index contributed by atoms with van der Waals surface area (Å²) in [4.78, 5) is 51.0. The summed E-state index contributed by atoms with van der Waals surface area (Å²) in [6.07, 6.45) is 42.6. The molecule has 71 heavy (non-hydrogen) atoms. The van der Waals surface area contributed by atoms with Crippen LogP contribution >= 0.6 is 0 Å². The lowest BCUT2D eigenvalue weighted by molar-refractivity contribution is -0.301. The molecule has 0 radical (unpaired) electrons. The fraction of sp³-hybridized carbons (Fsp3) is 0.831. The molecule has 6 unspecified atom stereocenters. The lowest BCUT2D eigenvalue weighted by Gasteiger charge is -2.40. The van der Waals surface area contributed by atoms with Gasteiger partial charge in [0, 0.05) is 19.3 Å². The van der Waals surface area contributed by atoms with Crippen LogP contribution in [0.2, 0.25) is 0 Å². The zero-order valence-corrected chi connectivity index (χ0v) is 45.2. The van der Waals surface area contributed by atoms with Gasteiger partial charge < -0.3 is 39.0 Å². The first-order chi connectivity index (χ1) is 34.6. The summed E-state index contributed by atoms with van der Waals surface area (Å²) in [6, 6.07) is 0. The number of ether oxygens (including phenoxy) is 5. The van der Waals surface area contributed by atoms with Crippen molar-refractivity contribution in [2.24, 2.45) is 0 Å². The van der Waals surface area contributed by atoms with E-state index >= 15 is 0 Å². The molecule has 1 saturated heterocycles. The summed E-state index contributed by atoms with van der Waals surface area (Å²) in [7, 11) is 0. The molecule has 0 saturated carbocycles. The minimum absolute atomic E-state index is 0.0526. The van der Waals surface area contributed by atoms with Crippen molar-refractivity contribution in [3.8, 4) is 0 Å². The van der Waals surface area contributed by atoms with Gasteiger partial charge in [0.15, 0.2) is 24.6 Å². The normalized spacial score (nSPS) is 18.7. The van der Waals surface area contributed by atoms with Gasteiger partial charge in [0.2, 0.25) is 0 Å². The molecule has 0 bridgehead atoms. The highest BCUT2D eigenvalue weighted by Crippen LogP contribution is 2.26. The van der Waals surface area contributed by atoms with E-state index in [0.29, 0.717) is 19.3 Å². The Morgan fingerprint density at radius 1 is 0.479 bits per heavy atom. The van der Waals surface area contributed by atoms with Crippen LogP contribution in [0.15, 0.2) is 36.5 Å². The predicted molar refractivity (Wildman–Crippen MR) is 285 cm³/mol. The van der Waals surface area contributed by atoms with Crippen LogP contribution in [0, 0.1) is 0 Å². The summed E-state index contributed by atoms with van der Waals surface area (Å²) in [6.45, 7) is 5.88. The first-order valence-corrected chi connectivity index (χ1v) is 29.0. The lowest BCUT2D eigenvalue weighted by Crippen LogP contribution is -2.61. The van der Waals surface area contributed by atoms with Crippen LogP contribution in [0.5, 0.6) is 0 Å². The molecule has 1 rings (SSSR count). The summed E-state index contributed by atoms with van der Waals surface area (Å²) in [5.41, 5.74) is 0. The highest BCUT2D eigenvalue weighted by atomic mass is 16.7. The number of esters is 3. The van der Waals surface area contributed by atoms with E-state index in [-0.39, 0.29) is 25.9 Å². The van der Waals surface area contributed by atoms with Crippen molar-refractivity contribution in [1.82, 2.24) is 0 Å². The topological polar surface area (TPSA) is 175 Å². The van der Waals surface area contributed by atoms with Crippen LogP contribution < -0.4 is 0 Å². The van der Waals surface area contributed by atoms with E-state index in [4.69, 9.17) is 23.7 Å². The van der Waals surface area contributed by atoms with Gasteiger partial charge in [-0.3, -0.25) is 14.4 Å². The number of allylic oxidation sites excluding steroid dienone is 6. The summed E-state index contributed by atoms with van der Waals surface area (Å²) in [5.74, 6) is -3.11. The highest BCUT2D eigenvalue weighted by Gasteiger charge is 2.50. The molecule has 0 amide bonds. The fourth-order valence-electron chi connectivity index (χ4n) is 8.80. The minimum atomic E-state index is -1.90. The zero-order valence-electron chi connectivity index (χ0n) is 45.2. The van der Waals surface area contributed by atoms with Crippen LogP contribution in [-0.4, -0.2) is 89.2 Å². The molecule has 412 valence electrons. The van der Waals surface area contributed by atoms with E-state index in [9.17, 15) is 34.5 Å². The summed E-state index contributed by atoms with van der Waals surface area (Å²) in [5, 5.41) is 31.4. The molecule has 6 atom stereocenters. The molecule has 1 aliphatic heterocycles. The zero-order chi connectivity index (χ0) is 51.8. The molecule has 0 aromatic carbocycles. The number of aliphatic hydroxyl groups excluding tert-OH is 2. The number of unbranched alkanes of at least 4 members (excludes halogenated alkanes) is 29. The quantitative estimate of drug-likeness (QED) is 0.0228. The van der Waals surface area contributed by atoms with Crippen LogP contribution in [0.1, 0.15) is 265 Å². The Balaban J connectivity index is 2.67. The van der Waals surface area contributed by atoms with E-state index in [1.807, 2.05) is 0 Å². The Labute approximate surface area is 431 Å². The third-order valence-electron chi connectivity index (χ3n) is 13.2. The molecule has 1 heterocycles. The van der Waals surface area contributed by atoms with Crippen molar-refractivity contribution in [1.29, 1.82) is 0 Å². The summed E-state index contributed by atoms with van der Waals surface area (Å²) < 4.78 is 28.4. The average Bonchev–Trinajstić information content (AvgIpc) is 3.35. The molecule has 12 heteroatoms. The molecule has 1 fully saturated rings. The van der Waals surface area contributed by atoms with Gasteiger partial charge >= 0.3 is 23.9 Å². The number of aliphatic carboxylic acids is 1. The first-order valence-electron chi connectivity index (χ1n) is 29.0. The lowest BCUT2D eigenvalue weighted by atomic mass is 9.98. The Hall–Kier alpha value is -3.06. The van der Waals surface area contributed by atoms with Gasteiger partial charge in [-0.1, -0.05) is 231 Å². The number of carbonyl (C=O) groups is 4. The number of aliphatic hydroxyl groups is 2. The second-order valence-corrected chi connectivity index (χ2v) is 19.9. The van der Waals surface area contributed by atoms with E-state index in [2.05, 4.69) is 57.2 Å². The third kappa shape index (κ3) is 38.2. The van der Waals surface area contributed by atoms with Gasteiger partial charge in [0.1, 0.15) is 18.8 Å². The van der Waals surface area contributed by atoms with Gasteiger partial charge in [0.25, 0.3) is 0 Å². The van der Waals surface area contributed by atoms with Crippen molar-refractivity contribution in [3.63, 3.8) is 0 Å². The Kier molecular flexibility index (Phi) is 44.5. The number of hydrogen-bond donors (Lipinski definition) is 3. The largest absolute Gasteiger partial charge is 0.479 e. The monoisotopic (exact) mass is 1000 g/mol. The van der Waals surface area contributed by atoms with Crippen molar-refractivity contribution >= 4 is 23.9 Å². The molecule has 0 aromatic rings. The first kappa shape index (κ1) is 66.0. The molecule has 0 spiro atoms. The molecule has 1 aliphatic rings. The van der Waals surface area contributed by atoms with Crippen LogP contribution in [0.25, 0.3) is 0 Å². The van der Waals surface area contributed by atoms with Crippen molar-refractivity contribution in [2.45, 2.75) is 302 Å². The standard InChI is InChI=1S/C59H104O12/c1-4-7-10-13-16-19-22-24-25-26-27-29-32-35-38-41-44-47-53(62)70-57-55(64)54(63)56(58(65)66)71-59(57)68-49-50(69-52(61)46-43-40-37-34-30-21-18-15-12-9-6-3)48-67-51(60)45-42-39-36-33-31-28-23-20-17-14-11-8-5-2/h7,10,16,19,24-25,50,54-57,59,63-64H,4-6,8-9,11-15,17-18,20-23,26-49H2,1-3H3,(H,65,66)/b10-7-,19-16-,25-24-. The van der Waals surface area contributed by atoms with E-state index in [1.54, 1.807) is 0 Å². The van der Waals surface area contributed by atoms with Gasteiger partial charge in [-0.15, -0.1) is 0 Å². The van der Waals surface area contributed by atoms with Crippen LogP contribution in [-0.2, 0) is 42.9 Å². The molecule has 0 aromatic heterocycles.